The Kier molecular flexibility index (Phi) is 3.38. The third-order valence-corrected chi connectivity index (χ3v) is 2.87. The van der Waals surface area contributed by atoms with Crippen molar-refractivity contribution >= 4 is 21.5 Å². The summed E-state index contributed by atoms with van der Waals surface area (Å²) in [4.78, 5) is 0. The van der Waals surface area contributed by atoms with E-state index >= 15 is 0 Å². The summed E-state index contributed by atoms with van der Waals surface area (Å²) in [5.74, 6) is 0. The second-order valence-electron chi connectivity index (χ2n) is 3.77. The van der Waals surface area contributed by atoms with E-state index in [2.05, 4.69) is 55.5 Å². The Hall–Kier alpha value is -0.0536. The van der Waals surface area contributed by atoms with E-state index in [1.54, 1.807) is 0 Å². The maximum Gasteiger partial charge on any atom is 1.00 e. The first-order valence-electron chi connectivity index (χ1n) is 4.90. The van der Waals surface area contributed by atoms with Crippen LogP contribution in [0.5, 0.6) is 0 Å². The first-order chi connectivity index (χ1) is 6.86. The van der Waals surface area contributed by atoms with E-state index in [1.807, 2.05) is 0 Å². The zero-order valence-corrected chi connectivity index (χ0v) is 12.2. The third kappa shape index (κ3) is 1.83. The van der Waals surface area contributed by atoms with Gasteiger partial charge in [0, 0.05) is 0 Å². The summed E-state index contributed by atoms with van der Waals surface area (Å²) in [6, 6.07) is 17.3. The molecule has 3 rings (SSSR count). The smallest absolute Gasteiger partial charge is 0.126 e. The van der Waals surface area contributed by atoms with Crippen molar-refractivity contribution in [2.45, 2.75) is 6.92 Å². The van der Waals surface area contributed by atoms with Crippen LogP contribution in [-0.2, 0) is 0 Å². The topological polar surface area (TPSA) is 0 Å². The summed E-state index contributed by atoms with van der Waals surface area (Å²) >= 11 is 0. The SMILES string of the molecule is Cc1cccc2c1[cH-]c1ccccc12.[K+]. The maximum atomic E-state index is 2.28. The van der Waals surface area contributed by atoms with Crippen molar-refractivity contribution in [1.82, 2.24) is 0 Å². The van der Waals surface area contributed by atoms with Gasteiger partial charge in [-0.1, -0.05) is 43.3 Å². The van der Waals surface area contributed by atoms with E-state index in [0.29, 0.717) is 0 Å². The monoisotopic (exact) mass is 218 g/mol. The van der Waals surface area contributed by atoms with Gasteiger partial charge in [-0.3, -0.25) is 0 Å². The number of hydrogen-bond acceptors (Lipinski definition) is 0. The van der Waals surface area contributed by atoms with Gasteiger partial charge in [-0.25, -0.2) is 0 Å². The summed E-state index contributed by atoms with van der Waals surface area (Å²) in [6.07, 6.45) is 0. The Bertz CT molecular complexity index is 605. The predicted octanol–water partition coefficient (Wildman–Crippen LogP) is 1.02. The number of hydrogen-bond donors (Lipinski definition) is 0. The largest absolute Gasteiger partial charge is 1.00 e. The zero-order chi connectivity index (χ0) is 9.54. The minimum absolute atomic E-state index is 0. The van der Waals surface area contributed by atoms with E-state index in [4.69, 9.17) is 0 Å². The molecule has 0 aliphatic heterocycles. The Morgan fingerprint density at radius 2 is 1.60 bits per heavy atom. The molecule has 0 atom stereocenters. The van der Waals surface area contributed by atoms with E-state index < -0.39 is 0 Å². The van der Waals surface area contributed by atoms with Crippen molar-refractivity contribution in [2.24, 2.45) is 0 Å². The van der Waals surface area contributed by atoms with Gasteiger partial charge in [0.1, 0.15) is 0 Å². The molecule has 0 bridgehead atoms. The van der Waals surface area contributed by atoms with Crippen molar-refractivity contribution in [2.75, 3.05) is 0 Å². The van der Waals surface area contributed by atoms with Gasteiger partial charge in [0.2, 0.25) is 0 Å². The van der Waals surface area contributed by atoms with Crippen LogP contribution in [0, 0.1) is 6.92 Å². The van der Waals surface area contributed by atoms with Crippen LogP contribution < -0.4 is 51.4 Å². The van der Waals surface area contributed by atoms with Gasteiger partial charge in [0.25, 0.3) is 0 Å². The van der Waals surface area contributed by atoms with Crippen LogP contribution in [-0.4, -0.2) is 0 Å². The number of fused-ring (bicyclic) bond motifs is 3. The fraction of sp³-hybridized carbons (Fsp3) is 0.0714. The molecule has 0 N–H and O–H groups in total. The summed E-state index contributed by atoms with van der Waals surface area (Å²) in [7, 11) is 0. The first kappa shape index (κ1) is 11.4. The molecular formula is C14H11K. The molecule has 0 aliphatic rings. The summed E-state index contributed by atoms with van der Waals surface area (Å²) < 4.78 is 0. The van der Waals surface area contributed by atoms with E-state index in [-0.39, 0.29) is 51.4 Å². The molecule has 0 fully saturated rings. The molecule has 0 heterocycles. The molecular weight excluding hydrogens is 207 g/mol. The second-order valence-corrected chi connectivity index (χ2v) is 3.77. The maximum absolute atomic E-state index is 2.28. The summed E-state index contributed by atoms with van der Waals surface area (Å²) in [6.45, 7) is 2.17. The minimum Gasteiger partial charge on any atom is -0.126 e. The number of rotatable bonds is 0. The van der Waals surface area contributed by atoms with Gasteiger partial charge in [-0.05, 0) is 0 Å². The van der Waals surface area contributed by atoms with Gasteiger partial charge in [0.05, 0.1) is 0 Å². The molecule has 3 aromatic rings. The predicted molar refractivity (Wildman–Crippen MR) is 61.8 cm³/mol. The van der Waals surface area contributed by atoms with E-state index in [9.17, 15) is 0 Å². The van der Waals surface area contributed by atoms with Gasteiger partial charge in [-0.2, -0.15) is 0 Å². The van der Waals surface area contributed by atoms with Gasteiger partial charge < -0.3 is 0 Å². The quantitative estimate of drug-likeness (QED) is 0.390. The fourth-order valence-corrected chi connectivity index (χ4v) is 2.13. The molecule has 0 saturated heterocycles. The molecule has 0 aromatic heterocycles. The molecule has 0 unspecified atom stereocenters. The molecule has 0 saturated carbocycles. The normalized spacial score (nSPS) is 10.5. The third-order valence-electron chi connectivity index (χ3n) is 2.87. The Morgan fingerprint density at radius 1 is 0.867 bits per heavy atom. The van der Waals surface area contributed by atoms with Crippen molar-refractivity contribution in [3.8, 4) is 0 Å². The van der Waals surface area contributed by atoms with Crippen LogP contribution in [0.25, 0.3) is 21.5 Å². The Morgan fingerprint density at radius 3 is 2.47 bits per heavy atom. The molecule has 0 radical (unpaired) electrons. The van der Waals surface area contributed by atoms with Gasteiger partial charge in [-0.15, -0.1) is 39.2 Å². The van der Waals surface area contributed by atoms with Crippen LogP contribution >= 0.6 is 0 Å². The molecule has 0 amide bonds. The average molecular weight is 218 g/mol. The van der Waals surface area contributed by atoms with Crippen LogP contribution in [0.4, 0.5) is 0 Å². The number of aryl methyl sites for hydroxylation is 1. The van der Waals surface area contributed by atoms with E-state index in [0.717, 1.165) is 0 Å². The fourth-order valence-electron chi connectivity index (χ4n) is 2.13. The van der Waals surface area contributed by atoms with E-state index in [1.165, 1.54) is 27.1 Å². The van der Waals surface area contributed by atoms with Crippen LogP contribution in [0.1, 0.15) is 5.56 Å². The summed E-state index contributed by atoms with van der Waals surface area (Å²) in [5, 5.41) is 5.47. The number of benzene rings is 2. The average Bonchev–Trinajstić information content (AvgIpc) is 2.59. The molecule has 68 valence electrons. The van der Waals surface area contributed by atoms with Crippen molar-refractivity contribution in [3.05, 3.63) is 54.1 Å². The first-order valence-corrected chi connectivity index (χ1v) is 4.90. The molecule has 0 spiro atoms. The van der Waals surface area contributed by atoms with Crippen molar-refractivity contribution < 1.29 is 51.4 Å². The standard InChI is InChI=1S/C14H11.K/c1-10-5-4-8-13-12-7-3-2-6-11(12)9-14(10)13;/h2-9H,1H3;/q-1;+1. The molecule has 3 aromatic carbocycles. The Balaban J connectivity index is 0.000000853. The van der Waals surface area contributed by atoms with Gasteiger partial charge in [0.15, 0.2) is 0 Å². The van der Waals surface area contributed by atoms with Crippen LogP contribution in [0.2, 0.25) is 0 Å². The zero-order valence-electron chi connectivity index (χ0n) is 9.12. The van der Waals surface area contributed by atoms with Crippen LogP contribution in [0.15, 0.2) is 48.5 Å². The molecule has 15 heavy (non-hydrogen) atoms. The van der Waals surface area contributed by atoms with Crippen molar-refractivity contribution in [3.63, 3.8) is 0 Å². The minimum atomic E-state index is 0. The molecule has 1 heteroatoms. The molecule has 0 nitrogen and oxygen atoms in total. The molecule has 0 aliphatic carbocycles. The van der Waals surface area contributed by atoms with Crippen molar-refractivity contribution in [1.29, 1.82) is 0 Å². The second kappa shape index (κ2) is 4.44. The Labute approximate surface area is 132 Å². The van der Waals surface area contributed by atoms with Crippen LogP contribution in [0.3, 0.4) is 0 Å². The van der Waals surface area contributed by atoms with Gasteiger partial charge >= 0.3 is 51.4 Å². The summed E-state index contributed by atoms with van der Waals surface area (Å²) in [5.41, 5.74) is 1.36.